The number of nitrogen functional groups attached to an aromatic ring is 1. The van der Waals surface area contributed by atoms with Crippen LogP contribution in [0.3, 0.4) is 0 Å². The third kappa shape index (κ3) is 2.02. The molecule has 0 aliphatic heterocycles. The van der Waals surface area contributed by atoms with E-state index in [9.17, 15) is 13.2 Å². The highest BCUT2D eigenvalue weighted by Gasteiger charge is 2.22. The van der Waals surface area contributed by atoms with E-state index in [4.69, 9.17) is 5.84 Å². The second kappa shape index (κ2) is 4.70. The van der Waals surface area contributed by atoms with E-state index in [1.165, 1.54) is 0 Å². The number of rotatable bonds is 2. The van der Waals surface area contributed by atoms with Gasteiger partial charge >= 0.3 is 0 Å². The molecule has 0 atom stereocenters. The molecule has 0 aliphatic rings. The summed E-state index contributed by atoms with van der Waals surface area (Å²) in [5.41, 5.74) is 3.46. The van der Waals surface area contributed by atoms with Crippen molar-refractivity contribution in [3.05, 3.63) is 34.8 Å². The topological polar surface area (TPSA) is 50.9 Å². The van der Waals surface area contributed by atoms with Gasteiger partial charge in [-0.3, -0.25) is 5.84 Å². The molecule has 0 bridgehead atoms. The molecule has 19 heavy (non-hydrogen) atoms. The number of aromatic nitrogens is 1. The van der Waals surface area contributed by atoms with Crippen molar-refractivity contribution in [2.24, 2.45) is 5.84 Å². The first-order valence-electron chi connectivity index (χ1n) is 5.82. The average Bonchev–Trinajstić information content (AvgIpc) is 2.34. The highest BCUT2D eigenvalue weighted by molar-refractivity contribution is 5.94. The van der Waals surface area contributed by atoms with Crippen molar-refractivity contribution in [1.82, 2.24) is 4.98 Å². The summed E-state index contributed by atoms with van der Waals surface area (Å²) >= 11 is 0. The van der Waals surface area contributed by atoms with Crippen molar-refractivity contribution < 1.29 is 13.2 Å². The molecule has 1 heterocycles. The molecule has 102 valence electrons. The molecule has 0 amide bonds. The van der Waals surface area contributed by atoms with Crippen molar-refractivity contribution in [3.63, 3.8) is 0 Å². The number of fused-ring (bicyclic) bond motifs is 1. The lowest BCUT2D eigenvalue weighted by atomic mass is 9.96. The van der Waals surface area contributed by atoms with Gasteiger partial charge in [-0.1, -0.05) is 13.8 Å². The molecule has 1 aromatic heterocycles. The van der Waals surface area contributed by atoms with Gasteiger partial charge in [0.1, 0.15) is 5.52 Å². The van der Waals surface area contributed by atoms with Gasteiger partial charge in [0.2, 0.25) is 0 Å². The predicted molar refractivity (Wildman–Crippen MR) is 68.3 cm³/mol. The molecule has 1 aromatic carbocycles. The normalized spacial score (nSPS) is 11.4. The maximum atomic E-state index is 13.9. The van der Waals surface area contributed by atoms with E-state index in [-0.39, 0.29) is 22.5 Å². The van der Waals surface area contributed by atoms with Gasteiger partial charge in [0, 0.05) is 17.3 Å². The number of hydrazine groups is 1. The first kappa shape index (κ1) is 13.6. The van der Waals surface area contributed by atoms with Crippen LogP contribution in [0.1, 0.15) is 31.0 Å². The maximum absolute atomic E-state index is 13.9. The molecule has 0 unspecified atom stereocenters. The zero-order valence-corrected chi connectivity index (χ0v) is 10.8. The Morgan fingerprint density at radius 2 is 1.84 bits per heavy atom. The van der Waals surface area contributed by atoms with Crippen LogP contribution in [0.2, 0.25) is 0 Å². The van der Waals surface area contributed by atoms with Gasteiger partial charge in [0.05, 0.1) is 11.1 Å². The van der Waals surface area contributed by atoms with Gasteiger partial charge in [-0.2, -0.15) is 0 Å². The number of nitrogens with zero attached hydrogens (tertiary/aromatic N) is 1. The van der Waals surface area contributed by atoms with Crippen LogP contribution >= 0.6 is 0 Å². The standard InChI is InChI=1S/C13H14F3N3/c1-5(2)9-6(3)18-12-8(15)4-7(14)11(16)10(12)13(9)19-17/h4-5H,17H2,1-3H3,(H,18,19). The van der Waals surface area contributed by atoms with Crippen molar-refractivity contribution >= 4 is 16.6 Å². The van der Waals surface area contributed by atoms with E-state index in [1.54, 1.807) is 6.92 Å². The fourth-order valence-electron chi connectivity index (χ4n) is 2.32. The Labute approximate surface area is 108 Å². The largest absolute Gasteiger partial charge is 0.323 e. The zero-order chi connectivity index (χ0) is 14.3. The molecule has 6 heteroatoms. The molecular formula is C13H14F3N3. The zero-order valence-electron chi connectivity index (χ0n) is 10.8. The molecule has 0 saturated heterocycles. The Hall–Kier alpha value is -1.82. The van der Waals surface area contributed by atoms with Crippen LogP contribution in [0.25, 0.3) is 10.9 Å². The monoisotopic (exact) mass is 269 g/mol. The van der Waals surface area contributed by atoms with Gasteiger partial charge in [-0.05, 0) is 12.8 Å². The van der Waals surface area contributed by atoms with E-state index in [1.807, 2.05) is 13.8 Å². The van der Waals surface area contributed by atoms with E-state index in [0.29, 0.717) is 17.3 Å². The molecule has 2 aromatic rings. The van der Waals surface area contributed by atoms with Gasteiger partial charge in [0.15, 0.2) is 17.5 Å². The Morgan fingerprint density at radius 1 is 1.21 bits per heavy atom. The molecule has 0 aliphatic carbocycles. The fourth-order valence-corrected chi connectivity index (χ4v) is 2.32. The number of anilines is 1. The van der Waals surface area contributed by atoms with Crippen LogP contribution in [-0.4, -0.2) is 4.98 Å². The number of hydrogen-bond donors (Lipinski definition) is 2. The molecule has 2 rings (SSSR count). The summed E-state index contributed by atoms with van der Waals surface area (Å²) < 4.78 is 41.0. The lowest BCUT2D eigenvalue weighted by Gasteiger charge is -2.18. The van der Waals surface area contributed by atoms with Crippen molar-refractivity contribution in [2.45, 2.75) is 26.7 Å². The van der Waals surface area contributed by atoms with Crippen LogP contribution in [0.5, 0.6) is 0 Å². The number of nitrogens with two attached hydrogens (primary N) is 1. The first-order valence-corrected chi connectivity index (χ1v) is 5.82. The summed E-state index contributed by atoms with van der Waals surface area (Å²) in [6.07, 6.45) is 0. The van der Waals surface area contributed by atoms with Crippen LogP contribution in [0.4, 0.5) is 18.9 Å². The lowest BCUT2D eigenvalue weighted by molar-refractivity contribution is 0.505. The van der Waals surface area contributed by atoms with E-state index >= 15 is 0 Å². The van der Waals surface area contributed by atoms with Crippen molar-refractivity contribution in [2.75, 3.05) is 5.43 Å². The van der Waals surface area contributed by atoms with Crippen molar-refractivity contribution in [3.8, 4) is 0 Å². The second-order valence-corrected chi connectivity index (χ2v) is 4.66. The molecule has 0 radical (unpaired) electrons. The summed E-state index contributed by atoms with van der Waals surface area (Å²) in [7, 11) is 0. The molecule has 3 nitrogen and oxygen atoms in total. The Balaban J connectivity index is 3.04. The van der Waals surface area contributed by atoms with Gasteiger partial charge < -0.3 is 5.43 Å². The minimum atomic E-state index is -1.26. The van der Waals surface area contributed by atoms with Crippen molar-refractivity contribution in [1.29, 1.82) is 0 Å². The van der Waals surface area contributed by atoms with E-state index < -0.39 is 17.5 Å². The first-order chi connectivity index (χ1) is 8.88. The highest BCUT2D eigenvalue weighted by atomic mass is 19.2. The summed E-state index contributed by atoms with van der Waals surface area (Å²) in [6.45, 7) is 5.41. The SMILES string of the molecule is Cc1nc2c(F)cc(F)c(F)c2c(NN)c1C(C)C. The number of aryl methyl sites for hydroxylation is 1. The van der Waals surface area contributed by atoms with Crippen LogP contribution in [-0.2, 0) is 0 Å². The fraction of sp³-hybridized carbons (Fsp3) is 0.308. The number of nitrogens with one attached hydrogen (secondary N) is 1. The average molecular weight is 269 g/mol. The van der Waals surface area contributed by atoms with Gasteiger partial charge in [-0.25, -0.2) is 18.2 Å². The van der Waals surface area contributed by atoms with Gasteiger partial charge in [0.25, 0.3) is 0 Å². The third-order valence-electron chi connectivity index (χ3n) is 3.06. The van der Waals surface area contributed by atoms with Crippen LogP contribution in [0.15, 0.2) is 6.07 Å². The predicted octanol–water partition coefficient (Wildman–Crippen LogP) is 3.37. The number of benzene rings is 1. The quantitative estimate of drug-likeness (QED) is 0.499. The molecule has 0 saturated carbocycles. The summed E-state index contributed by atoms with van der Waals surface area (Å²) in [5.74, 6) is 2.05. The Morgan fingerprint density at radius 3 is 2.37 bits per heavy atom. The molecule has 3 N–H and O–H groups in total. The second-order valence-electron chi connectivity index (χ2n) is 4.66. The number of hydrogen-bond acceptors (Lipinski definition) is 3. The summed E-state index contributed by atoms with van der Waals surface area (Å²) in [6, 6.07) is 0.486. The summed E-state index contributed by atoms with van der Waals surface area (Å²) in [4.78, 5) is 4.03. The minimum absolute atomic E-state index is 0.0197. The molecular weight excluding hydrogens is 255 g/mol. The smallest absolute Gasteiger partial charge is 0.170 e. The Kier molecular flexibility index (Phi) is 3.36. The third-order valence-corrected chi connectivity index (χ3v) is 3.06. The van der Waals surface area contributed by atoms with E-state index in [0.717, 1.165) is 0 Å². The lowest BCUT2D eigenvalue weighted by Crippen LogP contribution is -2.14. The molecule has 0 fully saturated rings. The van der Waals surface area contributed by atoms with Crippen LogP contribution < -0.4 is 11.3 Å². The summed E-state index contributed by atoms with van der Waals surface area (Å²) in [5, 5.41) is -0.255. The highest BCUT2D eigenvalue weighted by Crippen LogP contribution is 2.36. The molecule has 0 spiro atoms. The van der Waals surface area contributed by atoms with Crippen LogP contribution in [0, 0.1) is 24.4 Å². The minimum Gasteiger partial charge on any atom is -0.323 e. The Bertz CT molecular complexity index is 654. The van der Waals surface area contributed by atoms with E-state index in [2.05, 4.69) is 10.4 Å². The number of halogens is 3. The number of pyridine rings is 1. The maximum Gasteiger partial charge on any atom is 0.170 e. The van der Waals surface area contributed by atoms with Gasteiger partial charge in [-0.15, -0.1) is 0 Å².